The molecule has 0 heterocycles. The maximum Gasteiger partial charge on any atom is 0.306 e. The van der Waals surface area contributed by atoms with Gasteiger partial charge < -0.3 is 9.84 Å². The zero-order chi connectivity index (χ0) is 15.1. The lowest BCUT2D eigenvalue weighted by atomic mass is 10.1. The highest BCUT2D eigenvalue weighted by molar-refractivity contribution is 5.69. The van der Waals surface area contributed by atoms with Crippen molar-refractivity contribution in [2.75, 3.05) is 20.2 Å². The standard InChI is InChI=1S/C15H22FNO3/c1-11(2)17(9-8-15(19)20-3)10-14(18)12-4-6-13(16)7-5-12/h4-7,11,14,18H,8-10H2,1-3H3. The van der Waals surface area contributed by atoms with Gasteiger partial charge in [0.15, 0.2) is 0 Å². The molecular formula is C15H22FNO3. The molecule has 0 aliphatic rings. The molecule has 0 amide bonds. The lowest BCUT2D eigenvalue weighted by Crippen LogP contribution is -2.36. The molecule has 0 saturated heterocycles. The molecule has 112 valence electrons. The highest BCUT2D eigenvalue weighted by Crippen LogP contribution is 2.16. The molecule has 1 rings (SSSR count). The highest BCUT2D eigenvalue weighted by Gasteiger charge is 2.17. The monoisotopic (exact) mass is 283 g/mol. The molecule has 1 unspecified atom stereocenters. The van der Waals surface area contributed by atoms with Crippen molar-refractivity contribution in [3.63, 3.8) is 0 Å². The number of rotatable bonds is 7. The maximum atomic E-state index is 12.8. The van der Waals surface area contributed by atoms with Crippen molar-refractivity contribution >= 4 is 5.97 Å². The number of benzene rings is 1. The van der Waals surface area contributed by atoms with E-state index in [9.17, 15) is 14.3 Å². The average Bonchev–Trinajstić information content (AvgIpc) is 2.43. The van der Waals surface area contributed by atoms with Crippen molar-refractivity contribution in [3.05, 3.63) is 35.6 Å². The summed E-state index contributed by atoms with van der Waals surface area (Å²) < 4.78 is 17.5. The van der Waals surface area contributed by atoms with Gasteiger partial charge in [-0.1, -0.05) is 12.1 Å². The zero-order valence-corrected chi connectivity index (χ0v) is 12.2. The number of ether oxygens (including phenoxy) is 1. The van der Waals surface area contributed by atoms with E-state index in [0.717, 1.165) is 0 Å². The van der Waals surface area contributed by atoms with Gasteiger partial charge in [0.05, 0.1) is 19.6 Å². The van der Waals surface area contributed by atoms with Crippen LogP contribution in [-0.4, -0.2) is 42.2 Å². The van der Waals surface area contributed by atoms with Gasteiger partial charge in [-0.05, 0) is 31.5 Å². The lowest BCUT2D eigenvalue weighted by Gasteiger charge is -2.28. The Kier molecular flexibility index (Phi) is 6.61. The maximum absolute atomic E-state index is 12.8. The van der Waals surface area contributed by atoms with Gasteiger partial charge in [-0.3, -0.25) is 9.69 Å². The predicted octanol–water partition coefficient (Wildman–Crippen LogP) is 2.13. The first-order valence-electron chi connectivity index (χ1n) is 6.68. The van der Waals surface area contributed by atoms with Crippen LogP contribution in [-0.2, 0) is 9.53 Å². The summed E-state index contributed by atoms with van der Waals surface area (Å²) in [5.41, 5.74) is 0.662. The Labute approximate surface area is 119 Å². The van der Waals surface area contributed by atoms with Crippen LogP contribution in [0.15, 0.2) is 24.3 Å². The van der Waals surface area contributed by atoms with Crippen LogP contribution in [0.5, 0.6) is 0 Å². The summed E-state index contributed by atoms with van der Waals surface area (Å²) in [6.07, 6.45) is -0.430. The largest absolute Gasteiger partial charge is 0.469 e. The molecule has 1 N–H and O–H groups in total. The van der Waals surface area contributed by atoms with Crippen molar-refractivity contribution in [2.24, 2.45) is 0 Å². The van der Waals surface area contributed by atoms with Crippen LogP contribution in [0.1, 0.15) is 31.9 Å². The number of carbonyl (C=O) groups excluding carboxylic acids is 1. The summed E-state index contributed by atoms with van der Waals surface area (Å²) in [4.78, 5) is 13.2. The summed E-state index contributed by atoms with van der Waals surface area (Å²) in [6.45, 7) is 4.90. The molecule has 4 nitrogen and oxygen atoms in total. The van der Waals surface area contributed by atoms with Gasteiger partial charge in [0.2, 0.25) is 0 Å². The molecule has 20 heavy (non-hydrogen) atoms. The first kappa shape index (κ1) is 16.6. The molecule has 1 aromatic rings. The minimum absolute atomic E-state index is 0.190. The molecule has 0 aliphatic carbocycles. The Morgan fingerprint density at radius 1 is 1.35 bits per heavy atom. The van der Waals surface area contributed by atoms with Gasteiger partial charge in [-0.2, -0.15) is 0 Å². The molecule has 0 saturated carbocycles. The van der Waals surface area contributed by atoms with E-state index in [1.807, 2.05) is 18.7 Å². The van der Waals surface area contributed by atoms with Crippen molar-refractivity contribution in [1.29, 1.82) is 0 Å². The molecule has 0 radical (unpaired) electrons. The van der Waals surface area contributed by atoms with E-state index in [2.05, 4.69) is 4.74 Å². The number of carbonyl (C=O) groups is 1. The van der Waals surface area contributed by atoms with Crippen LogP contribution >= 0.6 is 0 Å². The van der Waals surface area contributed by atoms with E-state index in [1.165, 1.54) is 19.2 Å². The third-order valence-electron chi connectivity index (χ3n) is 3.22. The number of hydrogen-bond acceptors (Lipinski definition) is 4. The summed E-state index contributed by atoms with van der Waals surface area (Å²) in [6, 6.07) is 5.98. The zero-order valence-electron chi connectivity index (χ0n) is 12.2. The number of esters is 1. The summed E-state index contributed by atoms with van der Waals surface area (Å²) in [5, 5.41) is 10.2. The minimum atomic E-state index is -0.712. The van der Waals surface area contributed by atoms with Crippen LogP contribution < -0.4 is 0 Å². The lowest BCUT2D eigenvalue weighted by molar-refractivity contribution is -0.141. The van der Waals surface area contributed by atoms with Crippen molar-refractivity contribution in [2.45, 2.75) is 32.4 Å². The third-order valence-corrected chi connectivity index (χ3v) is 3.22. The Bertz CT molecular complexity index is 420. The number of halogens is 1. The number of hydrogen-bond donors (Lipinski definition) is 1. The van der Waals surface area contributed by atoms with E-state index < -0.39 is 6.10 Å². The fourth-order valence-electron chi connectivity index (χ4n) is 1.91. The van der Waals surface area contributed by atoms with Gasteiger partial charge in [-0.25, -0.2) is 4.39 Å². The fraction of sp³-hybridized carbons (Fsp3) is 0.533. The number of methoxy groups -OCH3 is 1. The van der Waals surface area contributed by atoms with Crippen LogP contribution in [0.2, 0.25) is 0 Å². The molecule has 0 bridgehead atoms. The first-order valence-corrected chi connectivity index (χ1v) is 6.68. The number of nitrogens with zero attached hydrogens (tertiary/aromatic N) is 1. The van der Waals surface area contributed by atoms with E-state index in [4.69, 9.17) is 0 Å². The molecule has 0 fully saturated rings. The minimum Gasteiger partial charge on any atom is -0.469 e. The van der Waals surface area contributed by atoms with Crippen LogP contribution in [0.3, 0.4) is 0 Å². The van der Waals surface area contributed by atoms with Crippen molar-refractivity contribution in [1.82, 2.24) is 4.90 Å². The SMILES string of the molecule is COC(=O)CCN(CC(O)c1ccc(F)cc1)C(C)C. The number of aliphatic hydroxyl groups is 1. The van der Waals surface area contributed by atoms with Crippen molar-refractivity contribution < 1.29 is 19.0 Å². The van der Waals surface area contributed by atoms with Gasteiger partial charge >= 0.3 is 5.97 Å². The molecular weight excluding hydrogens is 261 g/mol. The van der Waals surface area contributed by atoms with Gasteiger partial charge in [0, 0.05) is 19.1 Å². The predicted molar refractivity (Wildman–Crippen MR) is 74.7 cm³/mol. The molecule has 1 atom stereocenters. The second kappa shape index (κ2) is 7.97. The smallest absolute Gasteiger partial charge is 0.306 e. The molecule has 5 heteroatoms. The fourth-order valence-corrected chi connectivity index (χ4v) is 1.91. The van der Waals surface area contributed by atoms with Crippen LogP contribution in [0.4, 0.5) is 4.39 Å². The number of aliphatic hydroxyl groups excluding tert-OH is 1. The van der Waals surface area contributed by atoms with E-state index >= 15 is 0 Å². The Morgan fingerprint density at radius 2 is 1.95 bits per heavy atom. The normalized spacial score (nSPS) is 12.8. The van der Waals surface area contributed by atoms with E-state index in [0.29, 0.717) is 18.7 Å². The van der Waals surface area contributed by atoms with Crippen LogP contribution in [0.25, 0.3) is 0 Å². The molecule has 1 aromatic carbocycles. The molecule has 0 spiro atoms. The summed E-state index contributed by atoms with van der Waals surface area (Å²) >= 11 is 0. The second-order valence-electron chi connectivity index (χ2n) is 4.98. The average molecular weight is 283 g/mol. The van der Waals surface area contributed by atoms with Gasteiger partial charge in [0.25, 0.3) is 0 Å². The first-order chi connectivity index (χ1) is 9.43. The van der Waals surface area contributed by atoms with Gasteiger partial charge in [0.1, 0.15) is 5.82 Å². The Balaban J connectivity index is 2.60. The second-order valence-corrected chi connectivity index (χ2v) is 4.98. The quantitative estimate of drug-likeness (QED) is 0.779. The van der Waals surface area contributed by atoms with E-state index in [-0.39, 0.29) is 24.2 Å². The Hall–Kier alpha value is -1.46. The highest BCUT2D eigenvalue weighted by atomic mass is 19.1. The van der Waals surface area contributed by atoms with E-state index in [1.54, 1.807) is 12.1 Å². The molecule has 0 aromatic heterocycles. The van der Waals surface area contributed by atoms with Gasteiger partial charge in [-0.15, -0.1) is 0 Å². The third kappa shape index (κ3) is 5.27. The van der Waals surface area contributed by atoms with Crippen molar-refractivity contribution in [3.8, 4) is 0 Å². The topological polar surface area (TPSA) is 49.8 Å². The summed E-state index contributed by atoms with van der Waals surface area (Å²) in [5.74, 6) is -0.598. The van der Waals surface area contributed by atoms with Crippen LogP contribution in [0, 0.1) is 5.82 Å². The Morgan fingerprint density at radius 3 is 2.45 bits per heavy atom. The summed E-state index contributed by atoms with van der Waals surface area (Å²) in [7, 11) is 1.36. The molecule has 0 aliphatic heterocycles.